The fourth-order valence-corrected chi connectivity index (χ4v) is 4.54. The second-order valence-electron chi connectivity index (χ2n) is 8.46. The molecule has 0 spiro atoms. The zero-order chi connectivity index (χ0) is 21.6. The normalized spacial score (nSPS) is 18.4. The molecule has 1 N–H and O–H groups in total. The quantitative estimate of drug-likeness (QED) is 0.606. The number of hydrogen-bond donors (Lipinski definition) is 1. The Morgan fingerprint density at radius 1 is 1.10 bits per heavy atom. The smallest absolute Gasteiger partial charge is 0.267 e. The van der Waals surface area contributed by atoms with Crippen molar-refractivity contribution in [3.8, 4) is 6.07 Å². The van der Waals surface area contributed by atoms with Gasteiger partial charge < -0.3 is 10.2 Å². The summed E-state index contributed by atoms with van der Waals surface area (Å²) < 4.78 is 1.47. The van der Waals surface area contributed by atoms with Crippen molar-refractivity contribution in [2.45, 2.75) is 63.8 Å². The zero-order valence-corrected chi connectivity index (χ0v) is 17.8. The van der Waals surface area contributed by atoms with Gasteiger partial charge in [-0.25, -0.2) is 4.98 Å². The molecule has 7 heteroatoms. The lowest BCUT2D eigenvalue weighted by Gasteiger charge is -2.24. The van der Waals surface area contributed by atoms with Gasteiger partial charge in [0.25, 0.3) is 11.5 Å². The van der Waals surface area contributed by atoms with Crippen LogP contribution in [-0.4, -0.2) is 34.4 Å². The van der Waals surface area contributed by atoms with Crippen LogP contribution in [0.1, 0.15) is 63.4 Å². The first-order valence-electron chi connectivity index (χ1n) is 11.4. The van der Waals surface area contributed by atoms with Crippen molar-refractivity contribution in [2.24, 2.45) is 0 Å². The number of carbonyl (C=O) groups is 1. The number of carbonyl (C=O) groups excluding carboxylic acids is 1. The van der Waals surface area contributed by atoms with Crippen LogP contribution in [0.4, 0.5) is 5.82 Å². The molecular formula is C24H29N5O2. The highest BCUT2D eigenvalue weighted by Crippen LogP contribution is 2.23. The van der Waals surface area contributed by atoms with E-state index < -0.39 is 5.91 Å². The molecule has 2 aromatic heterocycles. The predicted octanol–water partition coefficient (Wildman–Crippen LogP) is 3.43. The molecule has 1 saturated heterocycles. The standard InChI is InChI=1S/C24H29N5O2/c25-17-18(23(30)26-19-10-4-3-5-11-19)16-20-22(28-13-7-1-2-8-14-28)27-21-12-6-9-15-29(21)24(20)31/h6,9,12,15-16,19H,1-5,7-8,10-11,13-14H2,(H,26,30)/b18-16+. The Balaban J connectivity index is 1.75. The van der Waals surface area contributed by atoms with Crippen LogP contribution < -0.4 is 15.8 Å². The summed E-state index contributed by atoms with van der Waals surface area (Å²) in [5, 5.41) is 12.7. The van der Waals surface area contributed by atoms with Gasteiger partial charge in [0.05, 0.1) is 5.56 Å². The van der Waals surface area contributed by atoms with E-state index in [9.17, 15) is 14.9 Å². The highest BCUT2D eigenvalue weighted by atomic mass is 16.2. The summed E-state index contributed by atoms with van der Waals surface area (Å²) in [4.78, 5) is 33.1. The highest BCUT2D eigenvalue weighted by molar-refractivity contribution is 6.02. The third-order valence-electron chi connectivity index (χ3n) is 6.25. The monoisotopic (exact) mass is 419 g/mol. The van der Waals surface area contributed by atoms with Crippen LogP contribution in [0.2, 0.25) is 0 Å². The number of fused-ring (bicyclic) bond motifs is 1. The second-order valence-corrected chi connectivity index (χ2v) is 8.46. The van der Waals surface area contributed by atoms with E-state index in [4.69, 9.17) is 4.98 Å². The second kappa shape index (κ2) is 9.78. The number of nitrogens with one attached hydrogen (secondary N) is 1. The van der Waals surface area contributed by atoms with Gasteiger partial charge in [-0.15, -0.1) is 0 Å². The van der Waals surface area contributed by atoms with Gasteiger partial charge in [0.2, 0.25) is 0 Å². The van der Waals surface area contributed by atoms with Crippen molar-refractivity contribution in [3.63, 3.8) is 0 Å². The number of nitrogens with zero attached hydrogens (tertiary/aromatic N) is 4. The largest absolute Gasteiger partial charge is 0.356 e. The molecule has 7 nitrogen and oxygen atoms in total. The van der Waals surface area contributed by atoms with Crippen LogP contribution in [0, 0.1) is 11.3 Å². The lowest BCUT2D eigenvalue weighted by molar-refractivity contribution is -0.117. The van der Waals surface area contributed by atoms with Gasteiger partial charge >= 0.3 is 0 Å². The molecule has 1 aliphatic carbocycles. The molecule has 2 aliphatic rings. The molecule has 1 saturated carbocycles. The molecule has 162 valence electrons. The Kier molecular flexibility index (Phi) is 6.66. The van der Waals surface area contributed by atoms with Crippen molar-refractivity contribution in [1.82, 2.24) is 14.7 Å². The van der Waals surface area contributed by atoms with Crippen LogP contribution in [0.15, 0.2) is 34.8 Å². The van der Waals surface area contributed by atoms with Gasteiger partial charge in [0.1, 0.15) is 23.1 Å². The summed E-state index contributed by atoms with van der Waals surface area (Å²) in [5.41, 5.74) is 0.564. The first-order valence-corrected chi connectivity index (χ1v) is 11.4. The average molecular weight is 420 g/mol. The van der Waals surface area contributed by atoms with Crippen molar-refractivity contribution >= 4 is 23.4 Å². The van der Waals surface area contributed by atoms with Crippen molar-refractivity contribution in [1.29, 1.82) is 5.26 Å². The molecule has 0 bridgehead atoms. The zero-order valence-electron chi connectivity index (χ0n) is 17.8. The Labute approximate surface area is 182 Å². The number of aromatic nitrogens is 2. The van der Waals surface area contributed by atoms with Gasteiger partial charge in [-0.3, -0.25) is 14.0 Å². The van der Waals surface area contributed by atoms with Crippen molar-refractivity contribution in [3.05, 3.63) is 45.9 Å². The number of hydrogen-bond acceptors (Lipinski definition) is 5. The Morgan fingerprint density at radius 2 is 1.81 bits per heavy atom. The summed E-state index contributed by atoms with van der Waals surface area (Å²) in [6.45, 7) is 1.62. The minimum atomic E-state index is -0.409. The number of anilines is 1. The van der Waals surface area contributed by atoms with E-state index in [1.807, 2.05) is 12.1 Å². The SMILES string of the molecule is N#C/C(=C\c1c(N2CCCCCC2)nc2ccccn2c1=O)C(=O)NC1CCCCC1. The molecule has 2 fully saturated rings. The van der Waals surface area contributed by atoms with E-state index in [0.717, 1.165) is 64.5 Å². The van der Waals surface area contributed by atoms with E-state index >= 15 is 0 Å². The predicted molar refractivity (Wildman–Crippen MR) is 121 cm³/mol. The molecule has 0 radical (unpaired) electrons. The van der Waals surface area contributed by atoms with E-state index in [0.29, 0.717) is 17.0 Å². The summed E-state index contributed by atoms with van der Waals surface area (Å²) in [7, 11) is 0. The fourth-order valence-electron chi connectivity index (χ4n) is 4.54. The molecule has 4 rings (SSSR count). The van der Waals surface area contributed by atoms with E-state index in [2.05, 4.69) is 10.2 Å². The number of amides is 1. The third-order valence-corrected chi connectivity index (χ3v) is 6.25. The maximum absolute atomic E-state index is 13.4. The molecule has 3 heterocycles. The van der Waals surface area contributed by atoms with Gasteiger partial charge in [-0.1, -0.05) is 38.2 Å². The fraction of sp³-hybridized carbons (Fsp3) is 0.500. The lowest BCUT2D eigenvalue weighted by Crippen LogP contribution is -2.37. The van der Waals surface area contributed by atoms with Crippen LogP contribution in [0.5, 0.6) is 0 Å². The molecular weight excluding hydrogens is 390 g/mol. The van der Waals surface area contributed by atoms with Crippen LogP contribution in [-0.2, 0) is 4.79 Å². The minimum Gasteiger partial charge on any atom is -0.356 e. The minimum absolute atomic E-state index is 0.0450. The maximum atomic E-state index is 13.4. The molecule has 0 atom stereocenters. The first kappa shape index (κ1) is 21.1. The average Bonchev–Trinajstić information content (AvgIpc) is 3.08. The van der Waals surface area contributed by atoms with E-state index in [-0.39, 0.29) is 17.2 Å². The molecule has 1 aliphatic heterocycles. The molecule has 1 amide bonds. The van der Waals surface area contributed by atoms with Crippen molar-refractivity contribution < 1.29 is 4.79 Å². The molecule has 0 aromatic carbocycles. The van der Waals surface area contributed by atoms with Gasteiger partial charge in [0, 0.05) is 25.3 Å². The Hall–Kier alpha value is -3.14. The third kappa shape index (κ3) is 4.79. The van der Waals surface area contributed by atoms with E-state index in [1.165, 1.54) is 16.9 Å². The Morgan fingerprint density at radius 3 is 2.52 bits per heavy atom. The van der Waals surface area contributed by atoms with Crippen LogP contribution >= 0.6 is 0 Å². The topological polar surface area (TPSA) is 90.5 Å². The molecule has 31 heavy (non-hydrogen) atoms. The summed E-state index contributed by atoms with van der Waals surface area (Å²) in [6, 6.07) is 7.53. The number of rotatable bonds is 4. The van der Waals surface area contributed by atoms with Gasteiger partial charge in [-0.2, -0.15) is 5.26 Å². The van der Waals surface area contributed by atoms with E-state index in [1.54, 1.807) is 18.3 Å². The first-order chi connectivity index (χ1) is 15.2. The highest BCUT2D eigenvalue weighted by Gasteiger charge is 2.22. The van der Waals surface area contributed by atoms with Gasteiger partial charge in [-0.05, 0) is 43.9 Å². The summed E-state index contributed by atoms with van der Waals surface area (Å²) in [6.07, 6.45) is 12.7. The number of pyridine rings is 1. The Bertz CT molecular complexity index is 1070. The van der Waals surface area contributed by atoms with Crippen molar-refractivity contribution in [2.75, 3.05) is 18.0 Å². The molecule has 0 unspecified atom stereocenters. The summed E-state index contributed by atoms with van der Waals surface area (Å²) >= 11 is 0. The van der Waals surface area contributed by atoms with Crippen LogP contribution in [0.25, 0.3) is 11.7 Å². The number of nitriles is 1. The summed E-state index contributed by atoms with van der Waals surface area (Å²) in [5.74, 6) is 0.157. The van der Waals surface area contributed by atoms with Gasteiger partial charge in [0.15, 0.2) is 0 Å². The lowest BCUT2D eigenvalue weighted by atomic mass is 9.95. The maximum Gasteiger partial charge on any atom is 0.267 e. The molecule has 2 aromatic rings. The van der Waals surface area contributed by atoms with Crippen LogP contribution in [0.3, 0.4) is 0 Å².